The SMILES string of the molecule is C/C=C(\C[C@@H](C)CO)C(=O)[C@@H](C)[C@H]1[C@@H](OC(C)=O)C[C@H]2[C@@H]3CC[C@H]4C[C@@H](OC(C)=O)CC[C@]4(C)[C@H]3CC[C@]12C. The van der Waals surface area contributed by atoms with Gasteiger partial charge in [0.15, 0.2) is 5.78 Å². The van der Waals surface area contributed by atoms with E-state index in [2.05, 4.69) is 13.8 Å². The average Bonchev–Trinajstić information content (AvgIpc) is 3.17. The highest BCUT2D eigenvalue weighted by molar-refractivity contribution is 5.97. The Morgan fingerprint density at radius 1 is 0.923 bits per heavy atom. The first-order chi connectivity index (χ1) is 18.3. The topological polar surface area (TPSA) is 89.9 Å². The first kappa shape index (κ1) is 30.3. The Balaban J connectivity index is 1.59. The number of hydrogen-bond acceptors (Lipinski definition) is 6. The number of esters is 2. The smallest absolute Gasteiger partial charge is 0.302 e. The monoisotopic (exact) mass is 544 g/mol. The van der Waals surface area contributed by atoms with Crippen LogP contribution in [0.25, 0.3) is 0 Å². The molecule has 0 aromatic heterocycles. The summed E-state index contributed by atoms with van der Waals surface area (Å²) >= 11 is 0. The van der Waals surface area contributed by atoms with E-state index < -0.39 is 0 Å². The third-order valence-electron chi connectivity index (χ3n) is 11.9. The molecule has 4 fully saturated rings. The molecule has 4 aliphatic carbocycles. The second kappa shape index (κ2) is 11.7. The molecule has 39 heavy (non-hydrogen) atoms. The summed E-state index contributed by atoms with van der Waals surface area (Å²) in [6.45, 7) is 13.9. The van der Waals surface area contributed by atoms with Crippen molar-refractivity contribution in [3.63, 3.8) is 0 Å². The van der Waals surface area contributed by atoms with Gasteiger partial charge in [-0.05, 0) is 111 Å². The van der Waals surface area contributed by atoms with Crippen molar-refractivity contribution in [2.75, 3.05) is 6.61 Å². The molecule has 11 atom stereocenters. The molecule has 0 saturated heterocycles. The number of carbonyl (C=O) groups excluding carboxylic acids is 3. The van der Waals surface area contributed by atoms with Crippen LogP contribution in [0.4, 0.5) is 0 Å². The highest BCUT2D eigenvalue weighted by Crippen LogP contribution is 2.68. The zero-order chi connectivity index (χ0) is 28.7. The molecular formula is C33H52O6. The predicted molar refractivity (Wildman–Crippen MR) is 151 cm³/mol. The molecule has 6 nitrogen and oxygen atoms in total. The van der Waals surface area contributed by atoms with Gasteiger partial charge in [0.1, 0.15) is 12.2 Å². The second-order valence-electron chi connectivity index (χ2n) is 14.1. The van der Waals surface area contributed by atoms with Crippen LogP contribution in [0.15, 0.2) is 11.6 Å². The molecule has 0 aromatic carbocycles. The minimum atomic E-state index is -0.261. The summed E-state index contributed by atoms with van der Waals surface area (Å²) < 4.78 is 11.7. The molecule has 4 rings (SSSR count). The minimum Gasteiger partial charge on any atom is -0.463 e. The Labute approximate surface area is 235 Å². The lowest BCUT2D eigenvalue weighted by molar-refractivity contribution is -0.161. The van der Waals surface area contributed by atoms with Gasteiger partial charge in [0.2, 0.25) is 0 Å². The largest absolute Gasteiger partial charge is 0.463 e. The highest BCUT2D eigenvalue weighted by Gasteiger charge is 2.64. The van der Waals surface area contributed by atoms with Crippen LogP contribution in [0.2, 0.25) is 0 Å². The van der Waals surface area contributed by atoms with Crippen molar-refractivity contribution in [1.29, 1.82) is 0 Å². The number of Topliss-reactive ketones (excluding diaryl/α,β-unsaturated/α-hetero) is 1. The van der Waals surface area contributed by atoms with Crippen LogP contribution in [0.3, 0.4) is 0 Å². The number of rotatable bonds is 8. The summed E-state index contributed by atoms with van der Waals surface area (Å²) in [4.78, 5) is 37.7. The van der Waals surface area contributed by atoms with Crippen molar-refractivity contribution in [2.45, 2.75) is 118 Å². The molecule has 0 spiro atoms. The number of fused-ring (bicyclic) bond motifs is 5. The maximum absolute atomic E-state index is 13.9. The third kappa shape index (κ3) is 5.61. The van der Waals surface area contributed by atoms with Gasteiger partial charge in [-0.25, -0.2) is 0 Å². The lowest BCUT2D eigenvalue weighted by Crippen LogP contribution is -2.54. The Morgan fingerprint density at radius 2 is 1.59 bits per heavy atom. The quantitative estimate of drug-likeness (QED) is 0.285. The van der Waals surface area contributed by atoms with E-state index in [0.717, 1.165) is 56.9 Å². The normalized spacial score (nSPS) is 41.4. The van der Waals surface area contributed by atoms with E-state index >= 15 is 0 Å². The molecule has 0 unspecified atom stereocenters. The third-order valence-corrected chi connectivity index (χ3v) is 11.9. The van der Waals surface area contributed by atoms with Gasteiger partial charge < -0.3 is 14.6 Å². The average molecular weight is 545 g/mol. The van der Waals surface area contributed by atoms with Crippen LogP contribution in [0.5, 0.6) is 0 Å². The van der Waals surface area contributed by atoms with Gasteiger partial charge in [-0.15, -0.1) is 0 Å². The molecular weight excluding hydrogens is 492 g/mol. The van der Waals surface area contributed by atoms with Gasteiger partial charge in [0.25, 0.3) is 0 Å². The molecule has 0 aliphatic heterocycles. The summed E-state index contributed by atoms with van der Waals surface area (Å²) in [5, 5.41) is 9.60. The standard InChI is InChI=1S/C33H52O6/c1-8-23(15-19(2)18-34)31(37)20(3)30-29(39-22(5)36)17-28-26-10-9-24-16-25(38-21(4)35)11-13-32(24,6)27(26)12-14-33(28,30)7/h8,19-20,24-30,34H,9-18H2,1-7H3/b23-8+/t19-,20+,24+,25+,26-,27+,28+,29+,30+,32+,33+/m1/s1. The molecule has 1 N–H and O–H groups in total. The fourth-order valence-corrected chi connectivity index (χ4v) is 10.1. The molecule has 4 saturated carbocycles. The van der Waals surface area contributed by atoms with Crippen molar-refractivity contribution < 1.29 is 29.0 Å². The van der Waals surface area contributed by atoms with Crippen molar-refractivity contribution in [3.8, 4) is 0 Å². The predicted octanol–water partition coefficient (Wildman–Crippen LogP) is 6.29. The van der Waals surface area contributed by atoms with Crippen molar-refractivity contribution >= 4 is 17.7 Å². The van der Waals surface area contributed by atoms with Gasteiger partial charge in [0.05, 0.1) is 0 Å². The second-order valence-corrected chi connectivity index (χ2v) is 14.1. The van der Waals surface area contributed by atoms with E-state index in [9.17, 15) is 19.5 Å². The molecule has 0 radical (unpaired) electrons. The number of carbonyl (C=O) groups is 3. The van der Waals surface area contributed by atoms with E-state index in [4.69, 9.17) is 9.47 Å². The highest BCUT2D eigenvalue weighted by atomic mass is 16.5. The number of hydrogen-bond donors (Lipinski definition) is 1. The van der Waals surface area contributed by atoms with Crippen molar-refractivity contribution in [2.24, 2.45) is 52.3 Å². The number of allylic oxidation sites excluding steroid dienone is 2. The van der Waals surface area contributed by atoms with Gasteiger partial charge in [-0.1, -0.05) is 33.8 Å². The fourth-order valence-electron chi connectivity index (χ4n) is 10.1. The Kier molecular flexibility index (Phi) is 9.05. The summed E-state index contributed by atoms with van der Waals surface area (Å²) in [6.07, 6.45) is 10.7. The molecule has 220 valence electrons. The maximum Gasteiger partial charge on any atom is 0.302 e. The summed E-state index contributed by atoms with van der Waals surface area (Å²) in [7, 11) is 0. The number of aliphatic hydroxyl groups excluding tert-OH is 1. The van der Waals surface area contributed by atoms with Crippen molar-refractivity contribution in [1.82, 2.24) is 0 Å². The van der Waals surface area contributed by atoms with Crippen LogP contribution in [0, 0.1) is 52.3 Å². The van der Waals surface area contributed by atoms with Crippen LogP contribution < -0.4 is 0 Å². The van der Waals surface area contributed by atoms with Gasteiger partial charge >= 0.3 is 11.9 Å². The van der Waals surface area contributed by atoms with Gasteiger partial charge in [-0.2, -0.15) is 0 Å². The molecule has 6 heteroatoms. The number of aliphatic hydroxyl groups is 1. The Bertz CT molecular complexity index is 971. The Hall–Kier alpha value is -1.69. The van der Waals surface area contributed by atoms with Crippen molar-refractivity contribution in [3.05, 3.63) is 11.6 Å². The molecule has 0 heterocycles. The minimum absolute atomic E-state index is 0.00975. The van der Waals surface area contributed by atoms with Gasteiger partial charge in [-0.3, -0.25) is 14.4 Å². The first-order valence-corrected chi connectivity index (χ1v) is 15.5. The summed E-state index contributed by atoms with van der Waals surface area (Å²) in [5.41, 5.74) is 0.968. The van der Waals surface area contributed by atoms with E-state index in [1.54, 1.807) is 0 Å². The summed E-state index contributed by atoms with van der Waals surface area (Å²) in [5.74, 6) is 1.67. The zero-order valence-electron chi connectivity index (χ0n) is 25.3. The first-order valence-electron chi connectivity index (χ1n) is 15.5. The van der Waals surface area contributed by atoms with Gasteiger partial charge in [0, 0.05) is 32.3 Å². The van der Waals surface area contributed by atoms with E-state index in [-0.39, 0.29) is 65.1 Å². The number of ether oxygens (including phenoxy) is 2. The molecule has 4 aliphatic rings. The van der Waals surface area contributed by atoms with Crippen LogP contribution >= 0.6 is 0 Å². The summed E-state index contributed by atoms with van der Waals surface area (Å²) in [6, 6.07) is 0. The number of ketones is 1. The molecule has 0 bridgehead atoms. The fraction of sp³-hybridized carbons (Fsp3) is 0.848. The van der Waals surface area contributed by atoms with E-state index in [1.165, 1.54) is 13.8 Å². The molecule has 0 aromatic rings. The van der Waals surface area contributed by atoms with Crippen LogP contribution in [-0.4, -0.2) is 41.6 Å². The lowest BCUT2D eigenvalue weighted by Gasteiger charge is -2.61. The van der Waals surface area contributed by atoms with E-state index in [1.807, 2.05) is 26.8 Å². The zero-order valence-corrected chi connectivity index (χ0v) is 25.3. The van der Waals surface area contributed by atoms with Crippen LogP contribution in [0.1, 0.15) is 106 Å². The lowest BCUT2D eigenvalue weighted by atomic mass is 9.44. The Morgan fingerprint density at radius 3 is 2.21 bits per heavy atom. The van der Waals surface area contributed by atoms with E-state index in [0.29, 0.717) is 30.1 Å². The molecule has 0 amide bonds. The van der Waals surface area contributed by atoms with Crippen LogP contribution in [-0.2, 0) is 23.9 Å². The maximum atomic E-state index is 13.9.